The van der Waals surface area contributed by atoms with Crippen molar-refractivity contribution < 1.29 is 13.2 Å². The van der Waals surface area contributed by atoms with Gasteiger partial charge in [0, 0.05) is 13.1 Å². The molecule has 1 amide bonds. The second-order valence-corrected chi connectivity index (χ2v) is 9.82. The van der Waals surface area contributed by atoms with Crippen molar-refractivity contribution in [1.29, 1.82) is 0 Å². The smallest absolute Gasteiger partial charge is 0.243 e. The summed E-state index contributed by atoms with van der Waals surface area (Å²) in [6.07, 6.45) is 2.94. The molecule has 2 heterocycles. The zero-order valence-corrected chi connectivity index (χ0v) is 15.9. The molecular weight excluding hydrogens is 414 g/mol. The summed E-state index contributed by atoms with van der Waals surface area (Å²) < 4.78 is 27.6. The summed E-state index contributed by atoms with van der Waals surface area (Å²) >= 11 is 4.62. The number of carbonyl (C=O) groups excluding carboxylic acids is 1. The molecule has 1 saturated heterocycles. The molecule has 6 nitrogen and oxygen atoms in total. The average Bonchev–Trinajstić information content (AvgIpc) is 3.00. The maximum Gasteiger partial charge on any atom is 0.243 e. The van der Waals surface area contributed by atoms with E-state index in [0.29, 0.717) is 24.5 Å². The quantitative estimate of drug-likeness (QED) is 0.809. The van der Waals surface area contributed by atoms with Gasteiger partial charge < -0.3 is 5.32 Å². The number of sulfonamides is 1. The fraction of sp³-hybridized carbons (Fsp3) is 0.333. The standard InChI is InChI=1S/C15H16BrN3O3S2/c16-13-9-17-15(23-13)18-14(20)11-5-4-8-19(10-11)24(21,22)12-6-2-1-3-7-12/h1-3,6-7,9,11H,4-5,8,10H2,(H,17,18,20). The van der Waals surface area contributed by atoms with Crippen LogP contribution >= 0.6 is 27.3 Å². The number of halogens is 1. The van der Waals surface area contributed by atoms with Crippen molar-refractivity contribution in [2.24, 2.45) is 5.92 Å². The third-order valence-electron chi connectivity index (χ3n) is 3.84. The molecule has 9 heteroatoms. The zero-order chi connectivity index (χ0) is 17.2. The van der Waals surface area contributed by atoms with Crippen LogP contribution in [0.5, 0.6) is 0 Å². The van der Waals surface area contributed by atoms with E-state index in [1.807, 2.05) is 0 Å². The van der Waals surface area contributed by atoms with Crippen LogP contribution in [0.25, 0.3) is 0 Å². The van der Waals surface area contributed by atoms with Gasteiger partial charge in [0.2, 0.25) is 15.9 Å². The predicted octanol–water partition coefficient (Wildman–Crippen LogP) is 2.95. The number of hydrogen-bond acceptors (Lipinski definition) is 5. The van der Waals surface area contributed by atoms with Crippen molar-refractivity contribution >= 4 is 48.3 Å². The van der Waals surface area contributed by atoms with Crippen LogP contribution in [0, 0.1) is 5.92 Å². The molecule has 0 saturated carbocycles. The lowest BCUT2D eigenvalue weighted by Crippen LogP contribution is -2.43. The molecular formula is C15H16BrN3O3S2. The van der Waals surface area contributed by atoms with Gasteiger partial charge in [0.1, 0.15) is 0 Å². The number of thiazole rings is 1. The molecule has 0 radical (unpaired) electrons. The fourth-order valence-corrected chi connectivity index (χ4v) is 5.29. The third kappa shape index (κ3) is 3.85. The first kappa shape index (κ1) is 17.5. The van der Waals surface area contributed by atoms with Crippen LogP contribution in [-0.2, 0) is 14.8 Å². The van der Waals surface area contributed by atoms with Gasteiger partial charge in [-0.1, -0.05) is 29.5 Å². The number of nitrogens with one attached hydrogen (secondary N) is 1. The van der Waals surface area contributed by atoms with Gasteiger partial charge in [-0.15, -0.1) is 0 Å². The molecule has 1 aromatic heterocycles. The molecule has 1 aliphatic rings. The highest BCUT2D eigenvalue weighted by Crippen LogP contribution is 2.27. The van der Waals surface area contributed by atoms with Crippen LogP contribution in [0.1, 0.15) is 12.8 Å². The van der Waals surface area contributed by atoms with Crippen LogP contribution in [0.2, 0.25) is 0 Å². The van der Waals surface area contributed by atoms with Crippen molar-refractivity contribution in [2.75, 3.05) is 18.4 Å². The molecule has 2 aromatic rings. The first-order chi connectivity index (χ1) is 11.5. The lowest BCUT2D eigenvalue weighted by atomic mass is 9.99. The van der Waals surface area contributed by atoms with Gasteiger partial charge in [-0.3, -0.25) is 4.79 Å². The van der Waals surface area contributed by atoms with E-state index >= 15 is 0 Å². The minimum Gasteiger partial charge on any atom is -0.302 e. The summed E-state index contributed by atoms with van der Waals surface area (Å²) in [5.41, 5.74) is 0. The van der Waals surface area contributed by atoms with Gasteiger partial charge in [-0.05, 0) is 40.9 Å². The fourth-order valence-electron chi connectivity index (χ4n) is 2.64. The number of carbonyl (C=O) groups is 1. The van der Waals surface area contributed by atoms with E-state index in [1.54, 1.807) is 36.5 Å². The molecule has 1 aliphatic heterocycles. The first-order valence-electron chi connectivity index (χ1n) is 7.44. The molecule has 1 fully saturated rings. The molecule has 128 valence electrons. The van der Waals surface area contributed by atoms with Gasteiger partial charge in [0.05, 0.1) is 20.8 Å². The van der Waals surface area contributed by atoms with E-state index in [9.17, 15) is 13.2 Å². The second-order valence-electron chi connectivity index (χ2n) is 5.47. The topological polar surface area (TPSA) is 79.4 Å². The lowest BCUT2D eigenvalue weighted by Gasteiger charge is -2.31. The third-order valence-corrected chi connectivity index (χ3v) is 7.11. The van der Waals surface area contributed by atoms with Gasteiger partial charge in [-0.2, -0.15) is 4.31 Å². The van der Waals surface area contributed by atoms with Crippen molar-refractivity contribution in [1.82, 2.24) is 9.29 Å². The molecule has 24 heavy (non-hydrogen) atoms. The highest BCUT2D eigenvalue weighted by Gasteiger charge is 2.33. The summed E-state index contributed by atoms with van der Waals surface area (Å²) in [4.78, 5) is 16.7. The highest BCUT2D eigenvalue weighted by molar-refractivity contribution is 9.11. The Kier molecular flexibility index (Phi) is 5.33. The Hall–Kier alpha value is -1.29. The molecule has 0 aliphatic carbocycles. The SMILES string of the molecule is O=C(Nc1ncc(Br)s1)C1CCCN(S(=O)(=O)c2ccccc2)C1. The van der Waals surface area contributed by atoms with E-state index in [2.05, 4.69) is 26.2 Å². The number of piperidine rings is 1. The van der Waals surface area contributed by atoms with E-state index in [-0.39, 0.29) is 23.3 Å². The van der Waals surface area contributed by atoms with Gasteiger partial charge in [0.25, 0.3) is 0 Å². The number of rotatable bonds is 4. The number of nitrogens with zero attached hydrogens (tertiary/aromatic N) is 2. The number of aromatic nitrogens is 1. The van der Waals surface area contributed by atoms with Crippen molar-refractivity contribution in [3.8, 4) is 0 Å². The Bertz CT molecular complexity index is 823. The van der Waals surface area contributed by atoms with Crippen LogP contribution in [-0.4, -0.2) is 36.7 Å². The van der Waals surface area contributed by atoms with Crippen LogP contribution in [0.15, 0.2) is 45.2 Å². The number of hydrogen-bond donors (Lipinski definition) is 1. The molecule has 1 unspecified atom stereocenters. The summed E-state index contributed by atoms with van der Waals surface area (Å²) in [5.74, 6) is -0.565. The minimum absolute atomic E-state index is 0.190. The van der Waals surface area contributed by atoms with Crippen LogP contribution in [0.3, 0.4) is 0 Å². The van der Waals surface area contributed by atoms with E-state index in [1.165, 1.54) is 15.6 Å². The number of anilines is 1. The molecule has 0 spiro atoms. The Morgan fingerprint density at radius 1 is 1.33 bits per heavy atom. The summed E-state index contributed by atoms with van der Waals surface area (Å²) in [6.45, 7) is 0.624. The highest BCUT2D eigenvalue weighted by atomic mass is 79.9. The Morgan fingerprint density at radius 2 is 2.08 bits per heavy atom. The lowest BCUT2D eigenvalue weighted by molar-refractivity contribution is -0.120. The maximum absolute atomic E-state index is 12.7. The van der Waals surface area contributed by atoms with Crippen molar-refractivity contribution in [2.45, 2.75) is 17.7 Å². The molecule has 0 bridgehead atoms. The van der Waals surface area contributed by atoms with Crippen molar-refractivity contribution in [3.63, 3.8) is 0 Å². The van der Waals surface area contributed by atoms with E-state index in [0.717, 1.165) is 3.79 Å². The summed E-state index contributed by atoms with van der Waals surface area (Å²) in [7, 11) is -3.56. The predicted molar refractivity (Wildman–Crippen MR) is 96.4 cm³/mol. The molecule has 1 atom stereocenters. The maximum atomic E-state index is 12.7. The minimum atomic E-state index is -3.56. The largest absolute Gasteiger partial charge is 0.302 e. The Balaban J connectivity index is 1.71. The molecule has 1 aromatic carbocycles. The number of benzene rings is 1. The summed E-state index contributed by atoms with van der Waals surface area (Å²) in [5, 5.41) is 3.27. The van der Waals surface area contributed by atoms with Gasteiger partial charge in [-0.25, -0.2) is 13.4 Å². The van der Waals surface area contributed by atoms with Crippen LogP contribution in [0.4, 0.5) is 5.13 Å². The molecule has 3 rings (SSSR count). The second kappa shape index (κ2) is 7.30. The normalized spacial score (nSPS) is 19.1. The van der Waals surface area contributed by atoms with Gasteiger partial charge in [0.15, 0.2) is 5.13 Å². The van der Waals surface area contributed by atoms with Gasteiger partial charge >= 0.3 is 0 Å². The first-order valence-corrected chi connectivity index (χ1v) is 10.5. The Labute approximate surface area is 153 Å². The van der Waals surface area contributed by atoms with E-state index in [4.69, 9.17) is 0 Å². The van der Waals surface area contributed by atoms with Crippen molar-refractivity contribution in [3.05, 3.63) is 40.3 Å². The zero-order valence-electron chi connectivity index (χ0n) is 12.7. The van der Waals surface area contributed by atoms with E-state index < -0.39 is 10.0 Å². The van der Waals surface area contributed by atoms with Crippen LogP contribution < -0.4 is 5.32 Å². The average molecular weight is 430 g/mol. The molecule has 1 N–H and O–H groups in total. The monoisotopic (exact) mass is 429 g/mol. The summed E-state index contributed by atoms with van der Waals surface area (Å²) in [6, 6.07) is 8.32. The Morgan fingerprint density at radius 3 is 2.75 bits per heavy atom. The number of amides is 1.